The Balaban J connectivity index is 3.15. The normalized spacial score (nSPS) is 9.69. The van der Waals surface area contributed by atoms with Gasteiger partial charge < -0.3 is 10.5 Å². The summed E-state index contributed by atoms with van der Waals surface area (Å²) in [5.41, 5.74) is 6.14. The molecule has 0 atom stereocenters. The van der Waals surface area contributed by atoms with Crippen LogP contribution in [0.1, 0.15) is 5.56 Å². The molecule has 0 aliphatic rings. The van der Waals surface area contributed by atoms with Gasteiger partial charge in [0.05, 0.1) is 12.0 Å². The summed E-state index contributed by atoms with van der Waals surface area (Å²) in [5.74, 6) is 0.243. The highest BCUT2D eigenvalue weighted by atomic mass is 16.6. The zero-order chi connectivity index (χ0) is 9.84. The maximum Gasteiger partial charge on any atom is 0.310 e. The Labute approximate surface area is 75.3 Å². The van der Waals surface area contributed by atoms with Crippen LogP contribution < -0.4 is 10.5 Å². The molecule has 5 nitrogen and oxygen atoms in total. The molecule has 70 valence electrons. The molecule has 1 rings (SSSR count). The van der Waals surface area contributed by atoms with E-state index in [0.717, 1.165) is 5.56 Å². The number of nitrogens with two attached hydrogens (primary N) is 1. The minimum absolute atomic E-state index is 0.0419. The van der Waals surface area contributed by atoms with Gasteiger partial charge in [0.25, 0.3) is 0 Å². The lowest BCUT2D eigenvalue weighted by atomic mass is 10.2. The first-order valence-corrected chi connectivity index (χ1v) is 3.70. The molecule has 1 aromatic rings. The number of hydrogen-bond donors (Lipinski definition) is 1. The molecule has 0 aromatic heterocycles. The molecule has 0 radical (unpaired) electrons. The molecule has 0 spiro atoms. The summed E-state index contributed by atoms with van der Waals surface area (Å²) in [5, 5.41) is 10.5. The Hall–Kier alpha value is -1.62. The van der Waals surface area contributed by atoms with E-state index in [9.17, 15) is 10.1 Å². The van der Waals surface area contributed by atoms with Gasteiger partial charge in [-0.15, -0.1) is 0 Å². The minimum atomic E-state index is -0.487. The number of nitro benzene ring substituents is 1. The van der Waals surface area contributed by atoms with Gasteiger partial charge in [0.15, 0.2) is 5.75 Å². The average Bonchev–Trinajstić information content (AvgIpc) is 2.16. The van der Waals surface area contributed by atoms with Crippen LogP contribution in [0.15, 0.2) is 18.2 Å². The van der Waals surface area contributed by atoms with Crippen molar-refractivity contribution in [3.05, 3.63) is 33.9 Å². The molecule has 0 unspecified atom stereocenters. The van der Waals surface area contributed by atoms with Gasteiger partial charge in [-0.2, -0.15) is 0 Å². The first kappa shape index (κ1) is 9.47. The fourth-order valence-corrected chi connectivity index (χ4v) is 1.000. The molecular weight excluding hydrogens is 172 g/mol. The van der Waals surface area contributed by atoms with Crippen LogP contribution >= 0.6 is 0 Å². The lowest BCUT2D eigenvalue weighted by Crippen LogP contribution is -1.99. The Kier molecular flexibility index (Phi) is 2.81. The molecule has 0 saturated heterocycles. The van der Waals surface area contributed by atoms with Crippen LogP contribution in [0.4, 0.5) is 5.69 Å². The van der Waals surface area contributed by atoms with Crippen molar-refractivity contribution < 1.29 is 9.66 Å². The van der Waals surface area contributed by atoms with E-state index in [1.807, 2.05) is 0 Å². The summed E-state index contributed by atoms with van der Waals surface area (Å²) in [7, 11) is 1.39. The molecule has 0 heterocycles. The lowest BCUT2D eigenvalue weighted by molar-refractivity contribution is -0.385. The Bertz CT molecular complexity index is 325. The van der Waals surface area contributed by atoms with E-state index < -0.39 is 4.92 Å². The van der Waals surface area contributed by atoms with Crippen LogP contribution in [-0.4, -0.2) is 12.0 Å². The van der Waals surface area contributed by atoms with Gasteiger partial charge in [-0.05, 0) is 11.6 Å². The predicted octanol–water partition coefficient (Wildman–Crippen LogP) is 1.06. The highest BCUT2D eigenvalue weighted by Crippen LogP contribution is 2.27. The number of nitrogens with zero attached hydrogens (tertiary/aromatic N) is 1. The summed E-state index contributed by atoms with van der Waals surface area (Å²) >= 11 is 0. The number of methoxy groups -OCH3 is 1. The van der Waals surface area contributed by atoms with Gasteiger partial charge in [0, 0.05) is 12.6 Å². The Morgan fingerprint density at radius 2 is 2.31 bits per heavy atom. The fourth-order valence-electron chi connectivity index (χ4n) is 1.000. The molecule has 13 heavy (non-hydrogen) atoms. The smallest absolute Gasteiger partial charge is 0.310 e. The van der Waals surface area contributed by atoms with Crippen molar-refractivity contribution in [1.82, 2.24) is 0 Å². The molecule has 0 bridgehead atoms. The van der Waals surface area contributed by atoms with Crippen molar-refractivity contribution in [3.8, 4) is 5.75 Å². The summed E-state index contributed by atoms with van der Waals surface area (Å²) in [6.07, 6.45) is 0. The second-order valence-electron chi connectivity index (χ2n) is 2.47. The third-order valence-electron chi connectivity index (χ3n) is 1.68. The van der Waals surface area contributed by atoms with E-state index >= 15 is 0 Å². The van der Waals surface area contributed by atoms with Gasteiger partial charge >= 0.3 is 5.69 Å². The predicted molar refractivity (Wildman–Crippen MR) is 47.5 cm³/mol. The third-order valence-corrected chi connectivity index (χ3v) is 1.68. The maximum atomic E-state index is 10.5. The van der Waals surface area contributed by atoms with Gasteiger partial charge in [-0.25, -0.2) is 0 Å². The van der Waals surface area contributed by atoms with Crippen LogP contribution in [0.25, 0.3) is 0 Å². The lowest BCUT2D eigenvalue weighted by Gasteiger charge is -2.02. The topological polar surface area (TPSA) is 78.4 Å². The quantitative estimate of drug-likeness (QED) is 0.560. The van der Waals surface area contributed by atoms with Crippen molar-refractivity contribution in [2.45, 2.75) is 6.54 Å². The van der Waals surface area contributed by atoms with Crippen LogP contribution in [0, 0.1) is 10.1 Å². The Morgan fingerprint density at radius 1 is 1.62 bits per heavy atom. The van der Waals surface area contributed by atoms with Gasteiger partial charge in [-0.3, -0.25) is 10.1 Å². The molecule has 5 heteroatoms. The van der Waals surface area contributed by atoms with E-state index in [1.54, 1.807) is 12.1 Å². The van der Waals surface area contributed by atoms with Crippen LogP contribution in [0.5, 0.6) is 5.75 Å². The molecule has 0 aliphatic carbocycles. The van der Waals surface area contributed by atoms with Gasteiger partial charge in [0.2, 0.25) is 0 Å². The highest BCUT2D eigenvalue weighted by molar-refractivity contribution is 5.48. The average molecular weight is 182 g/mol. The molecule has 2 N–H and O–H groups in total. The van der Waals surface area contributed by atoms with E-state index in [2.05, 4.69) is 0 Å². The zero-order valence-corrected chi connectivity index (χ0v) is 7.19. The number of rotatable bonds is 3. The van der Waals surface area contributed by atoms with E-state index in [0.29, 0.717) is 6.54 Å². The van der Waals surface area contributed by atoms with Crippen molar-refractivity contribution in [1.29, 1.82) is 0 Å². The van der Waals surface area contributed by atoms with Crippen LogP contribution in [0.3, 0.4) is 0 Å². The number of benzene rings is 1. The van der Waals surface area contributed by atoms with E-state index in [1.165, 1.54) is 13.2 Å². The minimum Gasteiger partial charge on any atom is -0.490 e. The fraction of sp³-hybridized carbons (Fsp3) is 0.250. The summed E-state index contributed by atoms with van der Waals surface area (Å²) in [6, 6.07) is 4.57. The van der Waals surface area contributed by atoms with Gasteiger partial charge in [-0.1, -0.05) is 6.07 Å². The highest BCUT2D eigenvalue weighted by Gasteiger charge is 2.13. The second-order valence-corrected chi connectivity index (χ2v) is 2.47. The number of ether oxygens (including phenoxy) is 1. The SMILES string of the molecule is COc1cc(CN)ccc1[N+](=O)[O-]. The van der Waals surface area contributed by atoms with Crippen LogP contribution in [0.2, 0.25) is 0 Å². The van der Waals surface area contributed by atoms with Crippen molar-refractivity contribution >= 4 is 5.69 Å². The van der Waals surface area contributed by atoms with Crippen molar-refractivity contribution in [2.75, 3.05) is 7.11 Å². The molecule has 0 amide bonds. The standard InChI is InChI=1S/C8H10N2O3/c1-13-8-4-6(5-9)2-3-7(8)10(11)12/h2-4H,5,9H2,1H3. The van der Waals surface area contributed by atoms with Crippen molar-refractivity contribution in [3.63, 3.8) is 0 Å². The zero-order valence-electron chi connectivity index (χ0n) is 7.19. The first-order valence-electron chi connectivity index (χ1n) is 3.70. The maximum absolute atomic E-state index is 10.5. The first-order chi connectivity index (χ1) is 6.19. The number of nitro groups is 1. The second kappa shape index (κ2) is 3.86. The summed E-state index contributed by atoms with van der Waals surface area (Å²) in [6.45, 7) is 0.342. The molecule has 1 aromatic carbocycles. The monoisotopic (exact) mass is 182 g/mol. The molecule has 0 fully saturated rings. The number of hydrogen-bond acceptors (Lipinski definition) is 4. The molecule has 0 aliphatic heterocycles. The van der Waals surface area contributed by atoms with E-state index in [4.69, 9.17) is 10.5 Å². The van der Waals surface area contributed by atoms with Gasteiger partial charge in [0.1, 0.15) is 0 Å². The summed E-state index contributed by atoms with van der Waals surface area (Å²) < 4.78 is 4.85. The van der Waals surface area contributed by atoms with E-state index in [-0.39, 0.29) is 11.4 Å². The Morgan fingerprint density at radius 3 is 2.77 bits per heavy atom. The largest absolute Gasteiger partial charge is 0.490 e. The van der Waals surface area contributed by atoms with Crippen molar-refractivity contribution in [2.24, 2.45) is 5.73 Å². The third kappa shape index (κ3) is 1.94. The molecular formula is C8H10N2O3. The molecule has 0 saturated carbocycles. The van der Waals surface area contributed by atoms with Crippen LogP contribution in [-0.2, 0) is 6.54 Å². The summed E-state index contributed by atoms with van der Waals surface area (Å²) in [4.78, 5) is 9.99.